The van der Waals surface area contributed by atoms with E-state index in [2.05, 4.69) is 15.3 Å². The molecule has 0 unspecified atom stereocenters. The summed E-state index contributed by atoms with van der Waals surface area (Å²) in [7, 11) is 0. The van der Waals surface area contributed by atoms with E-state index in [0.29, 0.717) is 11.6 Å². The van der Waals surface area contributed by atoms with E-state index in [1.54, 1.807) is 0 Å². The molecule has 0 saturated carbocycles. The zero-order chi connectivity index (χ0) is 10.8. The standard InChI is InChI=1S/C11H14N4/c1-7-4-3-5-9(6-7)15-11-10(12)13-8(2)14-11/h3-6,15H,12H2,1-2H3,(H,13,14). The van der Waals surface area contributed by atoms with Gasteiger partial charge in [-0.15, -0.1) is 0 Å². The third-order valence-corrected chi connectivity index (χ3v) is 2.13. The van der Waals surface area contributed by atoms with E-state index in [-0.39, 0.29) is 0 Å². The summed E-state index contributed by atoms with van der Waals surface area (Å²) in [5, 5.41) is 3.17. The van der Waals surface area contributed by atoms with E-state index >= 15 is 0 Å². The smallest absolute Gasteiger partial charge is 0.173 e. The number of nitrogens with zero attached hydrogens (tertiary/aromatic N) is 1. The van der Waals surface area contributed by atoms with Crippen molar-refractivity contribution in [2.75, 3.05) is 11.1 Å². The van der Waals surface area contributed by atoms with Crippen LogP contribution in [0.2, 0.25) is 0 Å². The first-order chi connectivity index (χ1) is 7.15. The Kier molecular flexibility index (Phi) is 2.33. The minimum atomic E-state index is 0.564. The second kappa shape index (κ2) is 3.65. The number of nitrogens with two attached hydrogens (primary N) is 1. The molecule has 15 heavy (non-hydrogen) atoms. The van der Waals surface area contributed by atoms with Crippen LogP contribution in [0, 0.1) is 13.8 Å². The first kappa shape index (κ1) is 9.58. The third kappa shape index (κ3) is 2.10. The van der Waals surface area contributed by atoms with Crippen LogP contribution in [0.25, 0.3) is 0 Å². The summed E-state index contributed by atoms with van der Waals surface area (Å²) in [4.78, 5) is 7.19. The minimum Gasteiger partial charge on any atom is -0.382 e. The van der Waals surface area contributed by atoms with Gasteiger partial charge < -0.3 is 16.0 Å². The number of benzene rings is 1. The van der Waals surface area contributed by atoms with Gasteiger partial charge in [-0.1, -0.05) is 12.1 Å². The summed E-state index contributed by atoms with van der Waals surface area (Å²) in [5.74, 6) is 2.05. The minimum absolute atomic E-state index is 0.564. The Labute approximate surface area is 88.5 Å². The summed E-state index contributed by atoms with van der Waals surface area (Å²) < 4.78 is 0. The molecule has 0 spiro atoms. The molecule has 2 rings (SSSR count). The van der Waals surface area contributed by atoms with Gasteiger partial charge in [0.25, 0.3) is 0 Å². The number of aromatic nitrogens is 2. The number of nitrogen functional groups attached to an aromatic ring is 1. The quantitative estimate of drug-likeness (QED) is 0.700. The highest BCUT2D eigenvalue weighted by Gasteiger charge is 2.04. The van der Waals surface area contributed by atoms with E-state index in [1.165, 1.54) is 5.56 Å². The van der Waals surface area contributed by atoms with Crippen LogP contribution in [0.15, 0.2) is 24.3 Å². The van der Waals surface area contributed by atoms with Crippen LogP contribution in [-0.4, -0.2) is 9.97 Å². The maximum Gasteiger partial charge on any atom is 0.173 e. The third-order valence-electron chi connectivity index (χ3n) is 2.13. The van der Waals surface area contributed by atoms with Gasteiger partial charge in [0.1, 0.15) is 11.6 Å². The van der Waals surface area contributed by atoms with Crippen molar-refractivity contribution in [3.8, 4) is 0 Å². The molecule has 1 aromatic carbocycles. The maximum absolute atomic E-state index is 5.75. The Hall–Kier alpha value is -1.97. The van der Waals surface area contributed by atoms with Crippen LogP contribution < -0.4 is 11.1 Å². The molecule has 4 nitrogen and oxygen atoms in total. The fourth-order valence-corrected chi connectivity index (χ4v) is 1.46. The largest absolute Gasteiger partial charge is 0.382 e. The van der Waals surface area contributed by atoms with E-state index in [9.17, 15) is 0 Å². The zero-order valence-electron chi connectivity index (χ0n) is 8.83. The lowest BCUT2D eigenvalue weighted by molar-refractivity contribution is 1.15. The van der Waals surface area contributed by atoms with Crippen molar-refractivity contribution in [1.29, 1.82) is 0 Å². The Morgan fingerprint density at radius 2 is 2.13 bits per heavy atom. The number of hydrogen-bond donors (Lipinski definition) is 3. The molecule has 2 aromatic rings. The molecule has 1 heterocycles. The number of hydrogen-bond acceptors (Lipinski definition) is 3. The van der Waals surface area contributed by atoms with Crippen LogP contribution in [0.4, 0.5) is 17.3 Å². The summed E-state index contributed by atoms with van der Waals surface area (Å²) in [5.41, 5.74) is 7.94. The lowest BCUT2D eigenvalue weighted by Crippen LogP contribution is -1.95. The zero-order valence-corrected chi connectivity index (χ0v) is 8.83. The Morgan fingerprint density at radius 1 is 1.33 bits per heavy atom. The molecular weight excluding hydrogens is 188 g/mol. The van der Waals surface area contributed by atoms with Crippen molar-refractivity contribution in [3.63, 3.8) is 0 Å². The molecule has 4 heteroatoms. The Balaban J connectivity index is 2.25. The van der Waals surface area contributed by atoms with Crippen LogP contribution in [0.3, 0.4) is 0 Å². The van der Waals surface area contributed by atoms with E-state index in [4.69, 9.17) is 5.73 Å². The number of anilines is 3. The van der Waals surface area contributed by atoms with Gasteiger partial charge in [0, 0.05) is 5.69 Å². The molecule has 0 fully saturated rings. The lowest BCUT2D eigenvalue weighted by Gasteiger charge is -2.04. The summed E-state index contributed by atoms with van der Waals surface area (Å²) in [6.45, 7) is 3.92. The van der Waals surface area contributed by atoms with Gasteiger partial charge in [-0.3, -0.25) is 0 Å². The lowest BCUT2D eigenvalue weighted by atomic mass is 10.2. The molecule has 0 aliphatic heterocycles. The van der Waals surface area contributed by atoms with Gasteiger partial charge in [-0.25, -0.2) is 4.98 Å². The van der Waals surface area contributed by atoms with Gasteiger partial charge in [0.05, 0.1) is 0 Å². The molecule has 0 atom stereocenters. The van der Waals surface area contributed by atoms with Crippen LogP contribution in [0.5, 0.6) is 0 Å². The Bertz CT molecular complexity index is 473. The molecule has 0 bridgehead atoms. The second-order valence-electron chi connectivity index (χ2n) is 3.58. The number of aryl methyl sites for hydroxylation is 2. The highest BCUT2D eigenvalue weighted by Crippen LogP contribution is 2.20. The molecule has 0 aliphatic rings. The average Bonchev–Trinajstić information content (AvgIpc) is 2.45. The van der Waals surface area contributed by atoms with Crippen molar-refractivity contribution in [2.45, 2.75) is 13.8 Å². The number of H-pyrrole nitrogens is 1. The van der Waals surface area contributed by atoms with Crippen LogP contribution in [0.1, 0.15) is 11.4 Å². The van der Waals surface area contributed by atoms with Gasteiger partial charge >= 0.3 is 0 Å². The molecule has 1 aromatic heterocycles. The predicted octanol–water partition coefficient (Wildman–Crippen LogP) is 2.35. The highest BCUT2D eigenvalue weighted by molar-refractivity contribution is 5.66. The van der Waals surface area contributed by atoms with Crippen molar-refractivity contribution in [2.24, 2.45) is 0 Å². The SMILES string of the molecule is Cc1cccc(Nc2nc(C)[nH]c2N)c1. The maximum atomic E-state index is 5.75. The van der Waals surface area contributed by atoms with Crippen molar-refractivity contribution in [1.82, 2.24) is 9.97 Å². The van der Waals surface area contributed by atoms with Crippen molar-refractivity contribution < 1.29 is 0 Å². The number of nitrogens with one attached hydrogen (secondary N) is 2. The molecule has 4 N–H and O–H groups in total. The van der Waals surface area contributed by atoms with Crippen LogP contribution in [-0.2, 0) is 0 Å². The summed E-state index contributed by atoms with van der Waals surface area (Å²) >= 11 is 0. The molecule has 78 valence electrons. The first-order valence-electron chi connectivity index (χ1n) is 4.81. The average molecular weight is 202 g/mol. The summed E-state index contributed by atoms with van der Waals surface area (Å²) in [6, 6.07) is 8.07. The summed E-state index contributed by atoms with van der Waals surface area (Å²) in [6.07, 6.45) is 0. The van der Waals surface area contributed by atoms with Crippen molar-refractivity contribution in [3.05, 3.63) is 35.7 Å². The normalized spacial score (nSPS) is 10.3. The topological polar surface area (TPSA) is 66.7 Å². The van der Waals surface area contributed by atoms with E-state index in [0.717, 1.165) is 11.5 Å². The second-order valence-corrected chi connectivity index (χ2v) is 3.58. The van der Waals surface area contributed by atoms with Gasteiger partial charge in [-0.2, -0.15) is 0 Å². The molecule has 0 radical (unpaired) electrons. The first-order valence-corrected chi connectivity index (χ1v) is 4.81. The molecular formula is C11H14N4. The van der Waals surface area contributed by atoms with Gasteiger partial charge in [-0.05, 0) is 31.5 Å². The fourth-order valence-electron chi connectivity index (χ4n) is 1.46. The Morgan fingerprint density at radius 3 is 2.73 bits per heavy atom. The number of imidazole rings is 1. The molecule has 0 saturated heterocycles. The monoisotopic (exact) mass is 202 g/mol. The van der Waals surface area contributed by atoms with E-state index < -0.39 is 0 Å². The highest BCUT2D eigenvalue weighted by atomic mass is 15.1. The van der Waals surface area contributed by atoms with Gasteiger partial charge in [0.2, 0.25) is 0 Å². The van der Waals surface area contributed by atoms with E-state index in [1.807, 2.05) is 38.1 Å². The molecule has 0 aliphatic carbocycles. The van der Waals surface area contributed by atoms with Crippen LogP contribution >= 0.6 is 0 Å². The fraction of sp³-hybridized carbons (Fsp3) is 0.182. The van der Waals surface area contributed by atoms with Crippen molar-refractivity contribution >= 4 is 17.3 Å². The molecule has 0 amide bonds. The predicted molar refractivity (Wildman–Crippen MR) is 62.2 cm³/mol. The number of aromatic amines is 1. The number of rotatable bonds is 2. The van der Waals surface area contributed by atoms with Gasteiger partial charge in [0.15, 0.2) is 5.82 Å².